The van der Waals surface area contributed by atoms with E-state index in [0.717, 1.165) is 56.4 Å². The first kappa shape index (κ1) is 22.8. The smallest absolute Gasteiger partial charge is 0.191 e. The maximum atomic E-state index is 5.99. The van der Waals surface area contributed by atoms with Crippen molar-refractivity contribution in [2.75, 3.05) is 32.8 Å². The van der Waals surface area contributed by atoms with Crippen LogP contribution in [0.4, 0.5) is 0 Å². The van der Waals surface area contributed by atoms with Crippen molar-refractivity contribution >= 4 is 29.9 Å². The van der Waals surface area contributed by atoms with Crippen LogP contribution in [0.15, 0.2) is 40.9 Å². The molecule has 1 heterocycles. The van der Waals surface area contributed by atoms with Gasteiger partial charge in [0.2, 0.25) is 0 Å². The van der Waals surface area contributed by atoms with Gasteiger partial charge in [-0.15, -0.1) is 24.0 Å². The van der Waals surface area contributed by atoms with Crippen molar-refractivity contribution in [3.8, 4) is 5.75 Å². The summed E-state index contributed by atoms with van der Waals surface area (Å²) in [6, 6.07) is 8.07. The van der Waals surface area contributed by atoms with Crippen LogP contribution in [-0.4, -0.2) is 44.9 Å². The van der Waals surface area contributed by atoms with E-state index in [1.807, 2.05) is 25.1 Å². The van der Waals surface area contributed by atoms with Gasteiger partial charge in [-0.2, -0.15) is 0 Å². The summed E-state index contributed by atoms with van der Waals surface area (Å²) < 4.78 is 11.3. The van der Waals surface area contributed by atoms with Gasteiger partial charge in [-0.25, -0.2) is 4.99 Å². The number of rotatable bonds is 8. The highest BCUT2D eigenvalue weighted by molar-refractivity contribution is 14.0. The molecule has 0 spiro atoms. The van der Waals surface area contributed by atoms with Gasteiger partial charge < -0.3 is 20.1 Å². The van der Waals surface area contributed by atoms with Crippen LogP contribution in [0.25, 0.3) is 0 Å². The van der Waals surface area contributed by atoms with Crippen LogP contribution < -0.4 is 15.4 Å². The average Bonchev–Trinajstić information content (AvgIpc) is 2.62. The quantitative estimate of drug-likeness (QED) is 0.262. The fourth-order valence-corrected chi connectivity index (χ4v) is 2.64. The van der Waals surface area contributed by atoms with Gasteiger partial charge in [0, 0.05) is 13.1 Å². The summed E-state index contributed by atoms with van der Waals surface area (Å²) in [7, 11) is 0. The lowest BCUT2D eigenvalue weighted by atomic mass is 10.1. The van der Waals surface area contributed by atoms with Gasteiger partial charge in [-0.1, -0.05) is 29.8 Å². The van der Waals surface area contributed by atoms with Gasteiger partial charge in [0.1, 0.15) is 11.9 Å². The van der Waals surface area contributed by atoms with Gasteiger partial charge >= 0.3 is 0 Å². The highest BCUT2D eigenvalue weighted by Crippen LogP contribution is 2.17. The third-order valence-electron chi connectivity index (χ3n) is 4.07. The van der Waals surface area contributed by atoms with Crippen LogP contribution in [0.1, 0.15) is 32.3 Å². The molecule has 0 saturated heterocycles. The monoisotopic (exact) mass is 473 g/mol. The Morgan fingerprint density at radius 2 is 2.12 bits per heavy atom. The summed E-state index contributed by atoms with van der Waals surface area (Å²) in [4.78, 5) is 4.65. The van der Waals surface area contributed by atoms with E-state index >= 15 is 0 Å². The van der Waals surface area contributed by atoms with Crippen LogP contribution in [-0.2, 0) is 4.74 Å². The first-order valence-corrected chi connectivity index (χ1v) is 9.19. The highest BCUT2D eigenvalue weighted by Gasteiger charge is 2.07. The number of halogens is 1. The molecule has 0 fully saturated rings. The summed E-state index contributed by atoms with van der Waals surface area (Å²) in [5.74, 6) is 1.77. The maximum absolute atomic E-state index is 5.99. The summed E-state index contributed by atoms with van der Waals surface area (Å²) in [6.07, 6.45) is 4.28. The molecule has 1 aliphatic rings. The molecule has 1 atom stereocenters. The lowest BCUT2D eigenvalue weighted by Gasteiger charge is -2.17. The molecule has 5 nitrogen and oxygen atoms in total. The minimum absolute atomic E-state index is 0. The Hall–Kier alpha value is -1.28. The molecule has 0 bridgehead atoms. The molecule has 146 valence electrons. The number of aryl methyl sites for hydroxylation is 1. The van der Waals surface area contributed by atoms with Crippen molar-refractivity contribution < 1.29 is 9.47 Å². The standard InChI is InChI=1S/C20H31N3O2.HI/c1-4-21-20(22-12-9-18-10-13-24-14-11-18)23-15-17(3)25-19-8-6-5-7-16(19)2;/h5-8,10,17H,4,9,11-15H2,1-3H3,(H2,21,22,23);1H. The second-order valence-corrected chi connectivity index (χ2v) is 6.28. The van der Waals surface area contributed by atoms with Gasteiger partial charge in [0.25, 0.3) is 0 Å². The zero-order chi connectivity index (χ0) is 17.9. The van der Waals surface area contributed by atoms with E-state index in [0.29, 0.717) is 6.54 Å². The fraction of sp³-hybridized carbons (Fsp3) is 0.550. The molecule has 0 aliphatic carbocycles. The number of ether oxygens (including phenoxy) is 2. The zero-order valence-corrected chi connectivity index (χ0v) is 18.4. The Morgan fingerprint density at radius 1 is 1.31 bits per heavy atom. The van der Waals surface area contributed by atoms with E-state index in [4.69, 9.17) is 9.47 Å². The Bertz CT molecular complexity index is 590. The van der Waals surface area contributed by atoms with E-state index in [2.05, 4.69) is 41.6 Å². The Labute approximate surface area is 174 Å². The number of para-hydroxylation sites is 1. The normalized spacial score (nSPS) is 15.5. The summed E-state index contributed by atoms with van der Waals surface area (Å²) >= 11 is 0. The first-order valence-electron chi connectivity index (χ1n) is 9.19. The Kier molecular flexibility index (Phi) is 11.4. The molecule has 1 unspecified atom stereocenters. The van der Waals surface area contributed by atoms with Crippen molar-refractivity contribution in [2.24, 2.45) is 4.99 Å². The van der Waals surface area contributed by atoms with Crippen LogP contribution in [0.2, 0.25) is 0 Å². The van der Waals surface area contributed by atoms with Crippen molar-refractivity contribution in [2.45, 2.75) is 39.7 Å². The summed E-state index contributed by atoms with van der Waals surface area (Å²) in [6.45, 7) is 10.1. The predicted octanol–water partition coefficient (Wildman–Crippen LogP) is 3.67. The summed E-state index contributed by atoms with van der Waals surface area (Å²) in [5.41, 5.74) is 2.61. The van der Waals surface area contributed by atoms with Crippen LogP contribution >= 0.6 is 24.0 Å². The van der Waals surface area contributed by atoms with E-state index in [1.54, 1.807) is 0 Å². The van der Waals surface area contributed by atoms with Crippen molar-refractivity contribution in [3.63, 3.8) is 0 Å². The largest absolute Gasteiger partial charge is 0.489 e. The zero-order valence-electron chi connectivity index (χ0n) is 16.1. The molecular weight excluding hydrogens is 441 g/mol. The summed E-state index contributed by atoms with van der Waals surface area (Å²) in [5, 5.41) is 6.69. The first-order chi connectivity index (χ1) is 12.2. The van der Waals surface area contributed by atoms with Crippen LogP contribution in [0, 0.1) is 6.92 Å². The number of benzene rings is 1. The topological polar surface area (TPSA) is 54.9 Å². The van der Waals surface area contributed by atoms with Gasteiger partial charge in [0.05, 0.1) is 19.8 Å². The number of hydrogen-bond donors (Lipinski definition) is 2. The van der Waals surface area contributed by atoms with E-state index in [9.17, 15) is 0 Å². The molecule has 26 heavy (non-hydrogen) atoms. The second-order valence-electron chi connectivity index (χ2n) is 6.28. The molecule has 1 aliphatic heterocycles. The van der Waals surface area contributed by atoms with Crippen molar-refractivity contribution in [3.05, 3.63) is 41.5 Å². The van der Waals surface area contributed by atoms with Crippen LogP contribution in [0.5, 0.6) is 5.75 Å². The minimum Gasteiger partial charge on any atom is -0.489 e. The lowest BCUT2D eigenvalue weighted by Crippen LogP contribution is -2.38. The van der Waals surface area contributed by atoms with Gasteiger partial charge in [-0.05, 0) is 45.2 Å². The van der Waals surface area contributed by atoms with E-state index in [-0.39, 0.29) is 30.1 Å². The SMILES string of the molecule is CCNC(=NCC(C)Oc1ccccc1C)NCCC1=CCOCC1.I. The van der Waals surface area contributed by atoms with Crippen LogP contribution in [0.3, 0.4) is 0 Å². The van der Waals surface area contributed by atoms with E-state index in [1.165, 1.54) is 5.57 Å². The molecule has 0 radical (unpaired) electrons. The third-order valence-corrected chi connectivity index (χ3v) is 4.07. The van der Waals surface area contributed by atoms with Gasteiger partial charge in [-0.3, -0.25) is 0 Å². The number of nitrogens with one attached hydrogen (secondary N) is 2. The average molecular weight is 473 g/mol. The molecule has 1 aromatic rings. The molecule has 1 aromatic carbocycles. The molecule has 2 rings (SSSR count). The third kappa shape index (κ3) is 8.40. The number of guanidine groups is 1. The Balaban J connectivity index is 0.00000338. The Morgan fingerprint density at radius 3 is 2.81 bits per heavy atom. The fourth-order valence-electron chi connectivity index (χ4n) is 2.64. The molecular formula is C20H32IN3O2. The highest BCUT2D eigenvalue weighted by atomic mass is 127. The predicted molar refractivity (Wildman–Crippen MR) is 119 cm³/mol. The minimum atomic E-state index is 0. The van der Waals surface area contributed by atoms with Crippen molar-refractivity contribution in [1.82, 2.24) is 10.6 Å². The lowest BCUT2D eigenvalue weighted by molar-refractivity contribution is 0.153. The molecule has 6 heteroatoms. The van der Waals surface area contributed by atoms with E-state index < -0.39 is 0 Å². The molecule has 2 N–H and O–H groups in total. The molecule has 0 saturated carbocycles. The maximum Gasteiger partial charge on any atom is 0.191 e. The van der Waals surface area contributed by atoms with Crippen molar-refractivity contribution in [1.29, 1.82) is 0 Å². The number of aliphatic imine (C=N–C) groups is 1. The molecule has 0 aromatic heterocycles. The number of nitrogens with zero attached hydrogens (tertiary/aromatic N) is 1. The van der Waals surface area contributed by atoms with Gasteiger partial charge in [0.15, 0.2) is 5.96 Å². The number of hydrogen-bond acceptors (Lipinski definition) is 3. The second kappa shape index (κ2) is 13.0. The molecule has 0 amide bonds.